The lowest BCUT2D eigenvalue weighted by Crippen LogP contribution is -2.18. The van der Waals surface area contributed by atoms with Crippen molar-refractivity contribution in [3.8, 4) is 0 Å². The second kappa shape index (κ2) is 6.20. The zero-order chi connectivity index (χ0) is 10.4. The molecule has 14 heavy (non-hydrogen) atoms. The Balaban J connectivity index is 2.35. The lowest BCUT2D eigenvalue weighted by Gasteiger charge is -2.08. The molecule has 0 heterocycles. The van der Waals surface area contributed by atoms with E-state index in [1.165, 1.54) is 16.5 Å². The standard InChI is InChI=1S/C12H18BrN/c1-2-11(14)8-5-7-10-6-3-4-9-12(10)13/h3-4,6,9,11H,2,5,7-8,14H2,1H3. The van der Waals surface area contributed by atoms with E-state index in [-0.39, 0.29) is 0 Å². The first kappa shape index (κ1) is 11.7. The Hall–Kier alpha value is -0.340. The van der Waals surface area contributed by atoms with Gasteiger partial charge in [-0.3, -0.25) is 0 Å². The topological polar surface area (TPSA) is 26.0 Å². The lowest BCUT2D eigenvalue weighted by molar-refractivity contribution is 0.568. The minimum Gasteiger partial charge on any atom is -0.328 e. The smallest absolute Gasteiger partial charge is 0.0207 e. The third-order valence-corrected chi connectivity index (χ3v) is 3.28. The van der Waals surface area contributed by atoms with E-state index in [1.807, 2.05) is 6.07 Å². The molecular formula is C12H18BrN. The molecule has 0 radical (unpaired) electrons. The monoisotopic (exact) mass is 255 g/mol. The Morgan fingerprint density at radius 2 is 2.07 bits per heavy atom. The normalized spacial score (nSPS) is 12.8. The van der Waals surface area contributed by atoms with Crippen LogP contribution in [0.3, 0.4) is 0 Å². The van der Waals surface area contributed by atoms with Crippen molar-refractivity contribution in [2.24, 2.45) is 5.73 Å². The van der Waals surface area contributed by atoms with Gasteiger partial charge in [-0.1, -0.05) is 41.1 Å². The van der Waals surface area contributed by atoms with Crippen molar-refractivity contribution >= 4 is 15.9 Å². The molecular weight excluding hydrogens is 238 g/mol. The molecule has 0 saturated heterocycles. The molecule has 1 nitrogen and oxygen atoms in total. The van der Waals surface area contributed by atoms with E-state index >= 15 is 0 Å². The van der Waals surface area contributed by atoms with Crippen LogP contribution in [-0.2, 0) is 6.42 Å². The van der Waals surface area contributed by atoms with Crippen molar-refractivity contribution in [3.05, 3.63) is 34.3 Å². The molecule has 0 saturated carbocycles. The van der Waals surface area contributed by atoms with E-state index in [9.17, 15) is 0 Å². The highest BCUT2D eigenvalue weighted by molar-refractivity contribution is 9.10. The van der Waals surface area contributed by atoms with Gasteiger partial charge in [0.15, 0.2) is 0 Å². The number of aryl methyl sites for hydroxylation is 1. The summed E-state index contributed by atoms with van der Waals surface area (Å²) >= 11 is 3.55. The van der Waals surface area contributed by atoms with Gasteiger partial charge in [-0.05, 0) is 37.3 Å². The third kappa shape index (κ3) is 3.81. The zero-order valence-corrected chi connectivity index (χ0v) is 10.3. The first-order valence-electron chi connectivity index (χ1n) is 5.23. The summed E-state index contributed by atoms with van der Waals surface area (Å²) in [5, 5.41) is 0. The molecule has 0 aliphatic carbocycles. The summed E-state index contributed by atoms with van der Waals surface area (Å²) in [5.74, 6) is 0. The average molecular weight is 256 g/mol. The quantitative estimate of drug-likeness (QED) is 0.857. The molecule has 0 aromatic heterocycles. The van der Waals surface area contributed by atoms with Crippen LogP contribution in [0.2, 0.25) is 0 Å². The van der Waals surface area contributed by atoms with Crippen LogP contribution in [0.5, 0.6) is 0 Å². The molecule has 2 heteroatoms. The number of hydrogen-bond donors (Lipinski definition) is 1. The number of rotatable bonds is 5. The molecule has 0 spiro atoms. The number of halogens is 1. The molecule has 1 aromatic rings. The van der Waals surface area contributed by atoms with E-state index in [2.05, 4.69) is 41.1 Å². The Kier molecular flexibility index (Phi) is 5.20. The summed E-state index contributed by atoms with van der Waals surface area (Å²) < 4.78 is 1.21. The van der Waals surface area contributed by atoms with Gasteiger partial charge < -0.3 is 5.73 Å². The SMILES string of the molecule is CCC(N)CCCc1ccccc1Br. The van der Waals surface area contributed by atoms with Gasteiger partial charge in [0.1, 0.15) is 0 Å². The Bertz CT molecular complexity index is 273. The second-order valence-electron chi connectivity index (χ2n) is 3.65. The van der Waals surface area contributed by atoms with Crippen molar-refractivity contribution in [3.63, 3.8) is 0 Å². The summed E-state index contributed by atoms with van der Waals surface area (Å²) in [6.45, 7) is 2.14. The summed E-state index contributed by atoms with van der Waals surface area (Å²) in [4.78, 5) is 0. The maximum atomic E-state index is 5.86. The van der Waals surface area contributed by atoms with E-state index in [0.29, 0.717) is 6.04 Å². The lowest BCUT2D eigenvalue weighted by atomic mass is 10.0. The highest BCUT2D eigenvalue weighted by Gasteiger charge is 2.01. The van der Waals surface area contributed by atoms with Gasteiger partial charge in [0, 0.05) is 10.5 Å². The molecule has 0 bridgehead atoms. The molecule has 0 aliphatic heterocycles. The number of nitrogens with two attached hydrogens (primary N) is 1. The predicted octanol–water partition coefficient (Wildman–Crippen LogP) is 3.51. The summed E-state index contributed by atoms with van der Waals surface area (Å²) in [7, 11) is 0. The van der Waals surface area contributed by atoms with Crippen LogP contribution < -0.4 is 5.73 Å². The van der Waals surface area contributed by atoms with Crippen LogP contribution in [0.1, 0.15) is 31.7 Å². The molecule has 2 N–H and O–H groups in total. The van der Waals surface area contributed by atoms with Gasteiger partial charge in [0.25, 0.3) is 0 Å². The second-order valence-corrected chi connectivity index (χ2v) is 4.51. The van der Waals surface area contributed by atoms with Crippen molar-refractivity contribution in [2.75, 3.05) is 0 Å². The summed E-state index contributed by atoms with van der Waals surface area (Å²) in [6, 6.07) is 8.76. The fourth-order valence-electron chi connectivity index (χ4n) is 1.46. The van der Waals surface area contributed by atoms with Crippen molar-refractivity contribution in [1.82, 2.24) is 0 Å². The largest absolute Gasteiger partial charge is 0.328 e. The predicted molar refractivity (Wildman–Crippen MR) is 65.3 cm³/mol. The summed E-state index contributed by atoms with van der Waals surface area (Å²) in [6.07, 6.45) is 4.50. The van der Waals surface area contributed by atoms with Crippen LogP contribution in [0, 0.1) is 0 Å². The maximum absolute atomic E-state index is 5.86. The van der Waals surface area contributed by atoms with E-state index in [4.69, 9.17) is 5.73 Å². The molecule has 1 atom stereocenters. The molecule has 1 aromatic carbocycles. The first-order chi connectivity index (χ1) is 6.74. The minimum atomic E-state index is 0.373. The average Bonchev–Trinajstić information content (AvgIpc) is 2.20. The molecule has 0 fully saturated rings. The fraction of sp³-hybridized carbons (Fsp3) is 0.500. The van der Waals surface area contributed by atoms with E-state index in [0.717, 1.165) is 19.3 Å². The van der Waals surface area contributed by atoms with Crippen molar-refractivity contribution in [2.45, 2.75) is 38.6 Å². The van der Waals surface area contributed by atoms with Crippen molar-refractivity contribution < 1.29 is 0 Å². The molecule has 1 rings (SSSR count). The van der Waals surface area contributed by atoms with Crippen molar-refractivity contribution in [1.29, 1.82) is 0 Å². The Morgan fingerprint density at radius 1 is 1.36 bits per heavy atom. The highest BCUT2D eigenvalue weighted by atomic mass is 79.9. The van der Waals surface area contributed by atoms with Gasteiger partial charge in [-0.15, -0.1) is 0 Å². The Labute approximate surface area is 94.8 Å². The highest BCUT2D eigenvalue weighted by Crippen LogP contribution is 2.18. The fourth-order valence-corrected chi connectivity index (χ4v) is 1.94. The van der Waals surface area contributed by atoms with E-state index < -0.39 is 0 Å². The van der Waals surface area contributed by atoms with Crippen LogP contribution in [0.15, 0.2) is 28.7 Å². The van der Waals surface area contributed by atoms with Crippen LogP contribution >= 0.6 is 15.9 Å². The third-order valence-electron chi connectivity index (χ3n) is 2.50. The number of benzene rings is 1. The zero-order valence-electron chi connectivity index (χ0n) is 8.67. The van der Waals surface area contributed by atoms with Crippen LogP contribution in [-0.4, -0.2) is 6.04 Å². The first-order valence-corrected chi connectivity index (χ1v) is 6.02. The maximum Gasteiger partial charge on any atom is 0.0207 e. The summed E-state index contributed by atoms with van der Waals surface area (Å²) in [5.41, 5.74) is 7.25. The molecule has 0 aliphatic rings. The Morgan fingerprint density at radius 3 is 2.71 bits per heavy atom. The number of hydrogen-bond acceptors (Lipinski definition) is 1. The van der Waals surface area contributed by atoms with Gasteiger partial charge in [0.2, 0.25) is 0 Å². The van der Waals surface area contributed by atoms with Crippen LogP contribution in [0.4, 0.5) is 0 Å². The van der Waals surface area contributed by atoms with Gasteiger partial charge in [-0.25, -0.2) is 0 Å². The molecule has 0 amide bonds. The molecule has 78 valence electrons. The van der Waals surface area contributed by atoms with Gasteiger partial charge in [0.05, 0.1) is 0 Å². The van der Waals surface area contributed by atoms with Crippen LogP contribution in [0.25, 0.3) is 0 Å². The van der Waals surface area contributed by atoms with Gasteiger partial charge >= 0.3 is 0 Å². The van der Waals surface area contributed by atoms with Gasteiger partial charge in [-0.2, -0.15) is 0 Å². The molecule has 1 unspecified atom stereocenters. The van der Waals surface area contributed by atoms with E-state index in [1.54, 1.807) is 0 Å². The minimum absolute atomic E-state index is 0.373.